The Morgan fingerprint density at radius 2 is 2.00 bits per heavy atom. The molecular weight excluding hydrogens is 455 g/mol. The van der Waals surface area contributed by atoms with Crippen LogP contribution < -0.4 is 4.74 Å². The zero-order chi connectivity index (χ0) is 16.2. The third-order valence-corrected chi connectivity index (χ3v) is 4.21. The molecule has 0 saturated carbocycles. The van der Waals surface area contributed by atoms with E-state index in [0.29, 0.717) is 4.47 Å². The number of carbonyl (C=O) groups excluding carboxylic acids is 1. The van der Waals surface area contributed by atoms with E-state index in [9.17, 15) is 9.59 Å². The van der Waals surface area contributed by atoms with Gasteiger partial charge in [0, 0.05) is 10.4 Å². The van der Waals surface area contributed by atoms with Crippen molar-refractivity contribution in [2.24, 2.45) is 0 Å². The third kappa shape index (κ3) is 5.65. The molecule has 0 saturated heterocycles. The fourth-order valence-corrected chi connectivity index (χ4v) is 2.62. The second kappa shape index (κ2) is 7.67. The average molecular weight is 465 g/mol. The number of halogens is 4. The smallest absolute Gasteiger partial charge is 0.478 e. The maximum absolute atomic E-state index is 11.6. The first-order valence-electron chi connectivity index (χ1n) is 5.48. The van der Waals surface area contributed by atoms with E-state index < -0.39 is 17.0 Å². The number of hydrogen-bond acceptors (Lipinski definition) is 4. The van der Waals surface area contributed by atoms with Gasteiger partial charge < -0.3 is 14.6 Å². The van der Waals surface area contributed by atoms with Gasteiger partial charge in [-0.25, -0.2) is 9.59 Å². The van der Waals surface area contributed by atoms with E-state index in [1.165, 1.54) is 6.07 Å². The summed E-state index contributed by atoms with van der Waals surface area (Å²) in [5.41, 5.74) is -0.195. The molecule has 0 amide bonds. The summed E-state index contributed by atoms with van der Waals surface area (Å²) < 4.78 is 10.5. The number of ether oxygens (including phenoxy) is 2. The molecule has 1 aromatic rings. The quantitative estimate of drug-likeness (QED) is 0.390. The summed E-state index contributed by atoms with van der Waals surface area (Å²) in [6.07, 6.45) is -1.07. The second-order valence-electron chi connectivity index (χ2n) is 4.26. The van der Waals surface area contributed by atoms with Crippen LogP contribution in [0, 0.1) is 0 Å². The van der Waals surface area contributed by atoms with Crippen LogP contribution in [-0.4, -0.2) is 34.6 Å². The van der Waals surface area contributed by atoms with Crippen molar-refractivity contribution in [1.82, 2.24) is 0 Å². The van der Waals surface area contributed by atoms with Gasteiger partial charge in [-0.2, -0.15) is 0 Å². The minimum absolute atomic E-state index is 0.0736. The highest BCUT2D eigenvalue weighted by atomic mass is 79.9. The molecule has 21 heavy (non-hydrogen) atoms. The minimum atomic E-state index is -1.25. The van der Waals surface area contributed by atoms with Crippen molar-refractivity contribution in [3.8, 4) is 5.75 Å². The summed E-state index contributed by atoms with van der Waals surface area (Å²) in [6.45, 7) is 1.42. The Morgan fingerprint density at radius 1 is 1.38 bits per heavy atom. The van der Waals surface area contributed by atoms with E-state index >= 15 is 0 Å². The first-order valence-corrected chi connectivity index (χ1v) is 7.98. The second-order valence-corrected chi connectivity index (χ2v) is 7.21. The van der Waals surface area contributed by atoms with Gasteiger partial charge in [0.1, 0.15) is 12.2 Å². The molecule has 0 fully saturated rings. The zero-order valence-electron chi connectivity index (χ0n) is 10.7. The Balaban J connectivity index is 2.88. The van der Waals surface area contributed by atoms with Crippen molar-refractivity contribution >= 4 is 67.2 Å². The van der Waals surface area contributed by atoms with Crippen LogP contribution in [0.15, 0.2) is 21.1 Å². The van der Waals surface area contributed by atoms with Crippen molar-refractivity contribution in [3.63, 3.8) is 0 Å². The van der Waals surface area contributed by atoms with E-state index in [1.54, 1.807) is 13.0 Å². The summed E-state index contributed by atoms with van der Waals surface area (Å²) in [5, 5.41) is 9.11. The molecule has 116 valence electrons. The Bertz CT molecular complexity index is 563. The molecule has 9 heteroatoms. The standard InChI is InChI=1S/C12H10Br2Cl2O5/c1-12(16,4-15)5-20-11(19)21-9-7(10(17)18)2-6(13)3-8(9)14/h2-3H,4-5H2,1H3,(H,17,18). The van der Waals surface area contributed by atoms with Crippen molar-refractivity contribution in [3.05, 3.63) is 26.6 Å². The van der Waals surface area contributed by atoms with Crippen molar-refractivity contribution < 1.29 is 24.2 Å². The molecule has 1 aromatic carbocycles. The number of alkyl halides is 2. The number of carboxylic acid groups (broad SMARTS) is 1. The number of rotatable bonds is 5. The summed E-state index contributed by atoms with van der Waals surface area (Å²) in [7, 11) is 0. The van der Waals surface area contributed by atoms with Crippen LogP contribution in [0.2, 0.25) is 0 Å². The molecule has 0 aliphatic carbocycles. The number of benzene rings is 1. The van der Waals surface area contributed by atoms with Gasteiger partial charge in [-0.3, -0.25) is 0 Å². The molecule has 1 unspecified atom stereocenters. The highest BCUT2D eigenvalue weighted by Crippen LogP contribution is 2.33. The molecule has 0 spiro atoms. The van der Waals surface area contributed by atoms with Crippen LogP contribution in [-0.2, 0) is 4.74 Å². The minimum Gasteiger partial charge on any atom is -0.478 e. The van der Waals surface area contributed by atoms with Crippen LogP contribution in [0.5, 0.6) is 5.75 Å². The summed E-state index contributed by atoms with van der Waals surface area (Å²) in [5.74, 6) is -1.33. The van der Waals surface area contributed by atoms with Gasteiger partial charge in [-0.1, -0.05) is 15.9 Å². The highest BCUT2D eigenvalue weighted by molar-refractivity contribution is 9.11. The molecule has 1 N–H and O–H groups in total. The van der Waals surface area contributed by atoms with Crippen molar-refractivity contribution in [2.75, 3.05) is 12.5 Å². The van der Waals surface area contributed by atoms with Gasteiger partial charge in [0.25, 0.3) is 0 Å². The molecule has 0 aliphatic rings. The monoisotopic (exact) mass is 462 g/mol. The molecule has 1 atom stereocenters. The molecule has 0 aliphatic heterocycles. The molecule has 0 radical (unpaired) electrons. The van der Waals surface area contributed by atoms with E-state index in [2.05, 4.69) is 31.9 Å². The fourth-order valence-electron chi connectivity index (χ4n) is 1.18. The fraction of sp³-hybridized carbons (Fsp3) is 0.333. The van der Waals surface area contributed by atoms with E-state index in [4.69, 9.17) is 37.8 Å². The van der Waals surface area contributed by atoms with Gasteiger partial charge in [-0.05, 0) is 35.0 Å². The van der Waals surface area contributed by atoms with Crippen molar-refractivity contribution in [1.29, 1.82) is 0 Å². The van der Waals surface area contributed by atoms with Gasteiger partial charge in [0.15, 0.2) is 5.75 Å². The Kier molecular flexibility index (Phi) is 6.77. The lowest BCUT2D eigenvalue weighted by atomic mass is 10.2. The summed E-state index contributed by atoms with van der Waals surface area (Å²) in [6, 6.07) is 2.85. The first-order chi connectivity index (χ1) is 9.66. The van der Waals surface area contributed by atoms with Crippen LogP contribution >= 0.6 is 55.1 Å². The number of carbonyl (C=O) groups is 2. The van der Waals surface area contributed by atoms with Gasteiger partial charge in [0.05, 0.1) is 9.35 Å². The average Bonchev–Trinajstić information content (AvgIpc) is 2.39. The van der Waals surface area contributed by atoms with Gasteiger partial charge >= 0.3 is 12.1 Å². The summed E-state index contributed by atoms with van der Waals surface area (Å²) >= 11 is 17.8. The van der Waals surface area contributed by atoms with Gasteiger partial charge in [0.2, 0.25) is 0 Å². The zero-order valence-corrected chi connectivity index (χ0v) is 15.3. The lowest BCUT2D eigenvalue weighted by Gasteiger charge is -2.18. The first kappa shape index (κ1) is 18.5. The predicted molar refractivity (Wildman–Crippen MR) is 85.8 cm³/mol. The van der Waals surface area contributed by atoms with Gasteiger partial charge in [-0.15, -0.1) is 23.2 Å². The lowest BCUT2D eigenvalue weighted by Crippen LogP contribution is -2.29. The number of hydrogen-bond donors (Lipinski definition) is 1. The molecule has 5 nitrogen and oxygen atoms in total. The molecule has 1 rings (SSSR count). The van der Waals surface area contributed by atoms with E-state index in [-0.39, 0.29) is 28.3 Å². The number of carboxylic acids is 1. The molecule has 0 bridgehead atoms. The van der Waals surface area contributed by atoms with Crippen LogP contribution in [0.25, 0.3) is 0 Å². The Hall–Kier alpha value is -0.500. The predicted octanol–water partition coefficient (Wildman–Crippen LogP) is 4.66. The number of aromatic carboxylic acids is 1. The Morgan fingerprint density at radius 3 is 2.52 bits per heavy atom. The molecular formula is C12H10Br2Cl2O5. The maximum Gasteiger partial charge on any atom is 0.513 e. The summed E-state index contributed by atoms with van der Waals surface area (Å²) in [4.78, 5) is 21.9. The maximum atomic E-state index is 11.6. The topological polar surface area (TPSA) is 72.8 Å². The van der Waals surface area contributed by atoms with Crippen LogP contribution in [0.4, 0.5) is 4.79 Å². The lowest BCUT2D eigenvalue weighted by molar-refractivity contribution is 0.0687. The highest BCUT2D eigenvalue weighted by Gasteiger charge is 2.24. The normalized spacial score (nSPS) is 13.4. The third-order valence-electron chi connectivity index (χ3n) is 2.19. The van der Waals surface area contributed by atoms with Crippen LogP contribution in [0.1, 0.15) is 17.3 Å². The molecule has 0 heterocycles. The van der Waals surface area contributed by atoms with Crippen molar-refractivity contribution in [2.45, 2.75) is 11.8 Å². The van der Waals surface area contributed by atoms with E-state index in [0.717, 1.165) is 0 Å². The van der Waals surface area contributed by atoms with E-state index in [1.807, 2.05) is 0 Å². The largest absolute Gasteiger partial charge is 0.513 e. The Labute approximate surface area is 147 Å². The molecule has 0 aromatic heterocycles. The van der Waals surface area contributed by atoms with Crippen LogP contribution in [0.3, 0.4) is 0 Å². The SMILES string of the molecule is CC(Cl)(CCl)COC(=O)Oc1c(Br)cc(Br)cc1C(=O)O.